The number of allylic oxidation sites excluding steroid dienone is 2. The van der Waals surface area contributed by atoms with Crippen molar-refractivity contribution in [1.29, 1.82) is 0 Å². The standard InChI is InChI=1S/C19H18ClFO2S/c1-12-6-7-13(10-17(12)20)15-4-3-5-16(15)14-8-9-19(18(21)11-14)24(2,22)23/h6-11H,3-5H2,1-2H3. The molecule has 1 aliphatic carbocycles. The summed E-state index contributed by atoms with van der Waals surface area (Å²) in [6.07, 6.45) is 3.76. The molecule has 0 unspecified atom stereocenters. The highest BCUT2D eigenvalue weighted by atomic mass is 35.5. The monoisotopic (exact) mass is 364 g/mol. The van der Waals surface area contributed by atoms with Gasteiger partial charge in [0.25, 0.3) is 0 Å². The summed E-state index contributed by atoms with van der Waals surface area (Å²) in [5.41, 5.74) is 5.02. The summed E-state index contributed by atoms with van der Waals surface area (Å²) in [6.45, 7) is 1.95. The molecule has 126 valence electrons. The van der Waals surface area contributed by atoms with Gasteiger partial charge in [0.15, 0.2) is 9.84 Å². The molecule has 2 nitrogen and oxygen atoms in total. The van der Waals surface area contributed by atoms with Crippen LogP contribution in [0, 0.1) is 12.7 Å². The van der Waals surface area contributed by atoms with Crippen LogP contribution in [0.15, 0.2) is 41.3 Å². The van der Waals surface area contributed by atoms with Gasteiger partial charge >= 0.3 is 0 Å². The van der Waals surface area contributed by atoms with Crippen LogP contribution < -0.4 is 0 Å². The lowest BCUT2D eigenvalue weighted by Gasteiger charge is -2.11. The third kappa shape index (κ3) is 3.26. The third-order valence-electron chi connectivity index (χ3n) is 4.42. The van der Waals surface area contributed by atoms with Crippen LogP contribution in [-0.2, 0) is 9.84 Å². The Morgan fingerprint density at radius 1 is 1.00 bits per heavy atom. The maximum absolute atomic E-state index is 14.2. The summed E-state index contributed by atoms with van der Waals surface area (Å²) in [5.74, 6) is -0.698. The van der Waals surface area contributed by atoms with Crippen molar-refractivity contribution in [3.63, 3.8) is 0 Å². The second-order valence-corrected chi connectivity index (χ2v) is 8.58. The minimum atomic E-state index is -3.56. The van der Waals surface area contributed by atoms with E-state index in [0.29, 0.717) is 5.02 Å². The molecule has 24 heavy (non-hydrogen) atoms. The van der Waals surface area contributed by atoms with Gasteiger partial charge < -0.3 is 0 Å². The fourth-order valence-electron chi connectivity index (χ4n) is 3.15. The van der Waals surface area contributed by atoms with Gasteiger partial charge in [0.05, 0.1) is 0 Å². The van der Waals surface area contributed by atoms with E-state index in [1.807, 2.05) is 25.1 Å². The molecular formula is C19H18ClFO2S. The van der Waals surface area contributed by atoms with E-state index in [2.05, 4.69) is 0 Å². The van der Waals surface area contributed by atoms with E-state index >= 15 is 0 Å². The Morgan fingerprint density at radius 2 is 1.58 bits per heavy atom. The van der Waals surface area contributed by atoms with E-state index in [-0.39, 0.29) is 4.90 Å². The van der Waals surface area contributed by atoms with Gasteiger partial charge in [-0.1, -0.05) is 29.8 Å². The van der Waals surface area contributed by atoms with E-state index in [9.17, 15) is 12.8 Å². The average Bonchev–Trinajstić information content (AvgIpc) is 2.98. The predicted octanol–water partition coefficient (Wildman–Crippen LogP) is 5.29. The second-order valence-electron chi connectivity index (χ2n) is 6.19. The number of aryl methyl sites for hydroxylation is 1. The Hall–Kier alpha value is -1.65. The summed E-state index contributed by atoms with van der Waals surface area (Å²) >= 11 is 6.23. The fourth-order valence-corrected chi connectivity index (χ4v) is 4.06. The van der Waals surface area contributed by atoms with Crippen molar-refractivity contribution in [2.24, 2.45) is 0 Å². The van der Waals surface area contributed by atoms with E-state index in [4.69, 9.17) is 11.6 Å². The second kappa shape index (κ2) is 6.34. The lowest BCUT2D eigenvalue weighted by molar-refractivity contribution is 0.570. The topological polar surface area (TPSA) is 34.1 Å². The number of hydrogen-bond donors (Lipinski definition) is 0. The first-order valence-electron chi connectivity index (χ1n) is 7.76. The van der Waals surface area contributed by atoms with Crippen LogP contribution in [0.1, 0.15) is 36.0 Å². The van der Waals surface area contributed by atoms with Crippen molar-refractivity contribution in [2.75, 3.05) is 6.26 Å². The molecular weight excluding hydrogens is 347 g/mol. The van der Waals surface area contributed by atoms with E-state index in [1.165, 1.54) is 12.1 Å². The van der Waals surface area contributed by atoms with E-state index < -0.39 is 15.7 Å². The Labute approximate surface area is 146 Å². The fraction of sp³-hybridized carbons (Fsp3) is 0.263. The van der Waals surface area contributed by atoms with Gasteiger partial charge in [0.2, 0.25) is 0 Å². The molecule has 0 bridgehead atoms. The molecule has 0 heterocycles. The number of hydrogen-bond acceptors (Lipinski definition) is 2. The highest BCUT2D eigenvalue weighted by Crippen LogP contribution is 2.41. The molecule has 2 aromatic carbocycles. The van der Waals surface area contributed by atoms with Crippen molar-refractivity contribution in [1.82, 2.24) is 0 Å². The van der Waals surface area contributed by atoms with Gasteiger partial charge in [0.1, 0.15) is 10.7 Å². The molecule has 0 radical (unpaired) electrons. The molecule has 0 N–H and O–H groups in total. The van der Waals surface area contributed by atoms with E-state index in [1.54, 1.807) is 6.07 Å². The van der Waals surface area contributed by atoms with Crippen molar-refractivity contribution in [3.8, 4) is 0 Å². The van der Waals surface area contributed by atoms with Crippen molar-refractivity contribution < 1.29 is 12.8 Å². The van der Waals surface area contributed by atoms with Gasteiger partial charge in [-0.15, -0.1) is 0 Å². The van der Waals surface area contributed by atoms with Crippen LogP contribution in [0.2, 0.25) is 5.02 Å². The smallest absolute Gasteiger partial charge is 0.178 e. The third-order valence-corrected chi connectivity index (χ3v) is 5.96. The van der Waals surface area contributed by atoms with Gasteiger partial charge in [-0.25, -0.2) is 12.8 Å². The molecule has 0 fully saturated rings. The van der Waals surface area contributed by atoms with Crippen LogP contribution in [0.4, 0.5) is 4.39 Å². The lowest BCUT2D eigenvalue weighted by atomic mass is 9.96. The SMILES string of the molecule is Cc1ccc(C2=C(c3ccc(S(C)(=O)=O)c(F)c3)CCC2)cc1Cl. The van der Waals surface area contributed by atoms with Gasteiger partial charge in [0, 0.05) is 11.3 Å². The largest absolute Gasteiger partial charge is 0.224 e. The van der Waals surface area contributed by atoms with Crippen LogP contribution in [-0.4, -0.2) is 14.7 Å². The first kappa shape index (κ1) is 17.2. The highest BCUT2D eigenvalue weighted by molar-refractivity contribution is 7.90. The average molecular weight is 365 g/mol. The van der Waals surface area contributed by atoms with E-state index in [0.717, 1.165) is 53.4 Å². The Balaban J connectivity index is 2.09. The maximum atomic E-state index is 14.2. The Bertz CT molecular complexity index is 946. The molecule has 1 aliphatic rings. The van der Waals surface area contributed by atoms with Crippen molar-refractivity contribution in [2.45, 2.75) is 31.1 Å². The minimum Gasteiger partial charge on any atom is -0.224 e. The van der Waals surface area contributed by atoms with Crippen molar-refractivity contribution in [3.05, 3.63) is 63.9 Å². The molecule has 0 amide bonds. The Morgan fingerprint density at radius 3 is 2.12 bits per heavy atom. The zero-order chi connectivity index (χ0) is 17.5. The molecule has 0 saturated carbocycles. The predicted molar refractivity (Wildman–Crippen MR) is 96.4 cm³/mol. The number of halogens is 2. The van der Waals surface area contributed by atoms with Gasteiger partial charge in [-0.05, 0) is 72.2 Å². The summed E-state index contributed by atoms with van der Waals surface area (Å²) in [7, 11) is -3.56. The number of rotatable bonds is 3. The van der Waals surface area contributed by atoms with Crippen molar-refractivity contribution >= 4 is 32.6 Å². The summed E-state index contributed by atoms with van der Waals surface area (Å²) in [4.78, 5) is -0.259. The first-order chi connectivity index (χ1) is 11.3. The molecule has 0 atom stereocenters. The van der Waals surface area contributed by atoms with Crippen LogP contribution >= 0.6 is 11.6 Å². The quantitative estimate of drug-likeness (QED) is 0.741. The lowest BCUT2D eigenvalue weighted by Crippen LogP contribution is -2.01. The van der Waals surface area contributed by atoms with Gasteiger partial charge in [-0.3, -0.25) is 0 Å². The first-order valence-corrected chi connectivity index (χ1v) is 10.0. The van der Waals surface area contributed by atoms with Crippen LogP contribution in [0.25, 0.3) is 11.1 Å². The summed E-state index contributed by atoms with van der Waals surface area (Å²) in [6, 6.07) is 10.3. The highest BCUT2D eigenvalue weighted by Gasteiger charge is 2.21. The number of sulfone groups is 1. The molecule has 2 aromatic rings. The summed E-state index contributed by atoms with van der Waals surface area (Å²) in [5, 5.41) is 0.713. The Kier molecular flexibility index (Phi) is 4.54. The molecule has 0 aliphatic heterocycles. The minimum absolute atomic E-state index is 0.259. The molecule has 5 heteroatoms. The molecule has 0 saturated heterocycles. The zero-order valence-electron chi connectivity index (χ0n) is 13.6. The molecule has 3 rings (SSSR count). The zero-order valence-corrected chi connectivity index (χ0v) is 15.1. The number of benzene rings is 2. The van der Waals surface area contributed by atoms with Crippen LogP contribution in [0.3, 0.4) is 0 Å². The normalized spacial score (nSPS) is 15.2. The van der Waals surface area contributed by atoms with Crippen LogP contribution in [0.5, 0.6) is 0 Å². The molecule has 0 aromatic heterocycles. The molecule has 0 spiro atoms. The van der Waals surface area contributed by atoms with Gasteiger partial charge in [-0.2, -0.15) is 0 Å². The summed E-state index contributed by atoms with van der Waals surface area (Å²) < 4.78 is 37.4. The maximum Gasteiger partial charge on any atom is 0.178 e.